The summed E-state index contributed by atoms with van der Waals surface area (Å²) < 4.78 is 5.43. The zero-order valence-corrected chi connectivity index (χ0v) is 9.35. The molecule has 0 saturated heterocycles. The minimum absolute atomic E-state index is 0.135. The van der Waals surface area contributed by atoms with Gasteiger partial charge in [0.05, 0.1) is 12.5 Å². The first-order valence-corrected chi connectivity index (χ1v) is 5.32. The smallest absolute Gasteiger partial charge is 0.308 e. The molecule has 1 aromatic rings. The SMILES string of the molecule is CCOc1ccccc1CC(CN)C(=O)O. The van der Waals surface area contributed by atoms with Gasteiger partial charge >= 0.3 is 5.97 Å². The van der Waals surface area contributed by atoms with E-state index in [-0.39, 0.29) is 6.54 Å². The molecule has 88 valence electrons. The average molecular weight is 223 g/mol. The number of ether oxygens (including phenoxy) is 1. The van der Waals surface area contributed by atoms with Crippen molar-refractivity contribution >= 4 is 5.97 Å². The van der Waals surface area contributed by atoms with Gasteiger partial charge in [-0.3, -0.25) is 4.79 Å². The normalized spacial score (nSPS) is 12.1. The molecule has 1 atom stereocenters. The molecule has 0 spiro atoms. The first-order valence-electron chi connectivity index (χ1n) is 5.32. The molecule has 4 heteroatoms. The Morgan fingerprint density at radius 3 is 2.75 bits per heavy atom. The summed E-state index contributed by atoms with van der Waals surface area (Å²) in [7, 11) is 0. The van der Waals surface area contributed by atoms with Crippen molar-refractivity contribution in [1.29, 1.82) is 0 Å². The summed E-state index contributed by atoms with van der Waals surface area (Å²) in [5.74, 6) is -0.680. The van der Waals surface area contributed by atoms with Gasteiger partial charge in [0, 0.05) is 6.54 Å². The number of hydrogen-bond acceptors (Lipinski definition) is 3. The molecule has 4 nitrogen and oxygen atoms in total. The van der Waals surface area contributed by atoms with Gasteiger partial charge in [0.1, 0.15) is 5.75 Å². The van der Waals surface area contributed by atoms with E-state index in [1.807, 2.05) is 31.2 Å². The predicted octanol–water partition coefficient (Wildman–Crippen LogP) is 1.29. The van der Waals surface area contributed by atoms with Crippen molar-refractivity contribution in [1.82, 2.24) is 0 Å². The quantitative estimate of drug-likeness (QED) is 0.762. The molecule has 0 radical (unpaired) electrons. The Morgan fingerprint density at radius 2 is 2.19 bits per heavy atom. The lowest BCUT2D eigenvalue weighted by Gasteiger charge is -2.13. The fourth-order valence-electron chi connectivity index (χ4n) is 1.51. The molecule has 0 saturated carbocycles. The van der Waals surface area contributed by atoms with Crippen LogP contribution in [0.5, 0.6) is 5.75 Å². The van der Waals surface area contributed by atoms with Gasteiger partial charge < -0.3 is 15.6 Å². The average Bonchev–Trinajstić information content (AvgIpc) is 2.27. The highest BCUT2D eigenvalue weighted by Gasteiger charge is 2.17. The van der Waals surface area contributed by atoms with E-state index in [0.717, 1.165) is 11.3 Å². The molecule has 0 amide bonds. The first kappa shape index (κ1) is 12.5. The number of carboxylic acids is 1. The number of aliphatic carboxylic acids is 1. The number of carboxylic acid groups (broad SMARTS) is 1. The number of benzene rings is 1. The Balaban J connectivity index is 2.82. The minimum atomic E-state index is -0.867. The summed E-state index contributed by atoms with van der Waals surface area (Å²) >= 11 is 0. The van der Waals surface area contributed by atoms with Gasteiger partial charge in [-0.15, -0.1) is 0 Å². The van der Waals surface area contributed by atoms with E-state index in [2.05, 4.69) is 0 Å². The van der Waals surface area contributed by atoms with E-state index in [1.165, 1.54) is 0 Å². The highest BCUT2D eigenvalue weighted by atomic mass is 16.5. The first-order chi connectivity index (χ1) is 7.69. The number of carbonyl (C=O) groups is 1. The zero-order valence-electron chi connectivity index (χ0n) is 9.35. The maximum absolute atomic E-state index is 10.9. The molecule has 3 N–H and O–H groups in total. The molecule has 0 heterocycles. The summed E-state index contributed by atoms with van der Waals surface area (Å²) in [4.78, 5) is 10.9. The molecular formula is C12H17NO3. The highest BCUT2D eigenvalue weighted by Crippen LogP contribution is 2.21. The van der Waals surface area contributed by atoms with Crippen LogP contribution in [0.15, 0.2) is 24.3 Å². The Hall–Kier alpha value is -1.55. The fourth-order valence-corrected chi connectivity index (χ4v) is 1.51. The van der Waals surface area contributed by atoms with E-state index < -0.39 is 11.9 Å². The van der Waals surface area contributed by atoms with Crippen LogP contribution < -0.4 is 10.5 Å². The van der Waals surface area contributed by atoms with Crippen LogP contribution >= 0.6 is 0 Å². The fraction of sp³-hybridized carbons (Fsp3) is 0.417. The number of hydrogen-bond donors (Lipinski definition) is 2. The summed E-state index contributed by atoms with van der Waals surface area (Å²) in [5, 5.41) is 8.93. The second kappa shape index (κ2) is 6.12. The zero-order chi connectivity index (χ0) is 12.0. The van der Waals surface area contributed by atoms with Crippen LogP contribution in [0.25, 0.3) is 0 Å². The van der Waals surface area contributed by atoms with Crippen LogP contribution in [-0.4, -0.2) is 24.2 Å². The van der Waals surface area contributed by atoms with Gasteiger partial charge in [-0.25, -0.2) is 0 Å². The number of rotatable bonds is 6. The molecule has 16 heavy (non-hydrogen) atoms. The molecule has 1 aromatic carbocycles. The lowest BCUT2D eigenvalue weighted by atomic mass is 9.99. The monoisotopic (exact) mass is 223 g/mol. The number of nitrogens with two attached hydrogens (primary N) is 1. The molecule has 0 bridgehead atoms. The summed E-state index contributed by atoms with van der Waals surface area (Å²) in [6.07, 6.45) is 0.405. The van der Waals surface area contributed by atoms with E-state index in [4.69, 9.17) is 15.6 Å². The van der Waals surface area contributed by atoms with Crippen molar-refractivity contribution in [2.75, 3.05) is 13.2 Å². The Kier molecular flexibility index (Phi) is 4.79. The van der Waals surface area contributed by atoms with Gasteiger partial charge in [-0.05, 0) is 25.0 Å². The van der Waals surface area contributed by atoms with Gasteiger partial charge in [0.15, 0.2) is 0 Å². The molecule has 0 aliphatic carbocycles. The van der Waals surface area contributed by atoms with Crippen LogP contribution in [0, 0.1) is 5.92 Å². The van der Waals surface area contributed by atoms with Crippen LogP contribution in [0.1, 0.15) is 12.5 Å². The van der Waals surface area contributed by atoms with Crippen molar-refractivity contribution in [2.45, 2.75) is 13.3 Å². The molecule has 0 fully saturated rings. The Morgan fingerprint density at radius 1 is 1.50 bits per heavy atom. The van der Waals surface area contributed by atoms with E-state index in [1.54, 1.807) is 0 Å². The van der Waals surface area contributed by atoms with E-state index >= 15 is 0 Å². The molecule has 0 aliphatic heterocycles. The number of para-hydroxylation sites is 1. The molecule has 0 aromatic heterocycles. The highest BCUT2D eigenvalue weighted by molar-refractivity contribution is 5.70. The van der Waals surface area contributed by atoms with Crippen LogP contribution in [-0.2, 0) is 11.2 Å². The maximum Gasteiger partial charge on any atom is 0.308 e. The van der Waals surface area contributed by atoms with Gasteiger partial charge in [-0.1, -0.05) is 18.2 Å². The third-order valence-corrected chi connectivity index (χ3v) is 2.37. The lowest BCUT2D eigenvalue weighted by Crippen LogP contribution is -2.25. The summed E-state index contributed by atoms with van der Waals surface area (Å²) in [6, 6.07) is 7.45. The molecule has 1 rings (SSSR count). The second-order valence-electron chi connectivity index (χ2n) is 3.52. The second-order valence-corrected chi connectivity index (χ2v) is 3.52. The molecule has 0 aliphatic rings. The van der Waals surface area contributed by atoms with E-state index in [0.29, 0.717) is 13.0 Å². The van der Waals surface area contributed by atoms with Crippen LogP contribution in [0.4, 0.5) is 0 Å². The van der Waals surface area contributed by atoms with Crippen molar-refractivity contribution < 1.29 is 14.6 Å². The van der Waals surface area contributed by atoms with Crippen LogP contribution in [0.2, 0.25) is 0 Å². The predicted molar refractivity (Wildman–Crippen MR) is 61.5 cm³/mol. The summed E-state index contributed by atoms with van der Waals surface area (Å²) in [6.45, 7) is 2.60. The Bertz CT molecular complexity index is 352. The molecule has 1 unspecified atom stereocenters. The third-order valence-electron chi connectivity index (χ3n) is 2.37. The van der Waals surface area contributed by atoms with Crippen molar-refractivity contribution in [2.24, 2.45) is 11.7 Å². The third kappa shape index (κ3) is 3.24. The van der Waals surface area contributed by atoms with Crippen molar-refractivity contribution in [3.8, 4) is 5.75 Å². The van der Waals surface area contributed by atoms with Gasteiger partial charge in [-0.2, -0.15) is 0 Å². The maximum atomic E-state index is 10.9. The lowest BCUT2D eigenvalue weighted by molar-refractivity contribution is -0.141. The standard InChI is InChI=1S/C12H17NO3/c1-2-16-11-6-4-3-5-9(11)7-10(8-13)12(14)15/h3-6,10H,2,7-8,13H2,1H3,(H,14,15). The topological polar surface area (TPSA) is 72.5 Å². The van der Waals surface area contributed by atoms with Gasteiger partial charge in [0.2, 0.25) is 0 Å². The van der Waals surface area contributed by atoms with Crippen molar-refractivity contribution in [3.05, 3.63) is 29.8 Å². The summed E-state index contributed by atoms with van der Waals surface area (Å²) in [5.41, 5.74) is 6.31. The minimum Gasteiger partial charge on any atom is -0.494 e. The largest absolute Gasteiger partial charge is 0.494 e. The van der Waals surface area contributed by atoms with Crippen molar-refractivity contribution in [3.63, 3.8) is 0 Å². The Labute approximate surface area is 95.0 Å². The van der Waals surface area contributed by atoms with Crippen LogP contribution in [0.3, 0.4) is 0 Å². The van der Waals surface area contributed by atoms with E-state index in [9.17, 15) is 4.79 Å². The van der Waals surface area contributed by atoms with Gasteiger partial charge in [0.25, 0.3) is 0 Å². The molecular weight excluding hydrogens is 206 g/mol.